The minimum absolute atomic E-state index is 0.887. The molecule has 0 spiro atoms. The van der Waals surface area contributed by atoms with E-state index >= 15 is 0 Å². The number of hydrogen-bond donors (Lipinski definition) is 2. The monoisotopic (exact) mass is 233 g/mol. The van der Waals surface area contributed by atoms with Gasteiger partial charge in [-0.1, -0.05) is 0 Å². The molecule has 0 aliphatic rings. The van der Waals surface area contributed by atoms with E-state index in [9.17, 15) is 0 Å². The molecule has 2 aromatic rings. The summed E-state index contributed by atoms with van der Waals surface area (Å²) in [7, 11) is 0. The van der Waals surface area contributed by atoms with E-state index in [-0.39, 0.29) is 0 Å². The van der Waals surface area contributed by atoms with Crippen LogP contribution >= 0.6 is 0 Å². The van der Waals surface area contributed by atoms with Gasteiger partial charge in [0.15, 0.2) is 0 Å². The topological polar surface area (TPSA) is 58.5 Å². The van der Waals surface area contributed by atoms with Crippen LogP contribution in [0.15, 0.2) is 18.7 Å². The van der Waals surface area contributed by atoms with Gasteiger partial charge in [-0.05, 0) is 26.8 Å². The van der Waals surface area contributed by atoms with Crippen LogP contribution in [0, 0.1) is 13.8 Å². The lowest BCUT2D eigenvalue weighted by atomic mass is 10.2. The lowest BCUT2D eigenvalue weighted by molar-refractivity contribution is 0.579. The average Bonchev–Trinajstić information content (AvgIpc) is 2.92. The minimum Gasteiger partial charge on any atom is -0.337 e. The number of aromatic nitrogens is 4. The smallest absolute Gasteiger partial charge is 0.0945 e. The summed E-state index contributed by atoms with van der Waals surface area (Å²) in [6.45, 7) is 6.99. The molecule has 92 valence electrons. The van der Waals surface area contributed by atoms with Gasteiger partial charge in [0, 0.05) is 36.7 Å². The third kappa shape index (κ3) is 3.17. The second-order valence-electron chi connectivity index (χ2n) is 4.24. The highest BCUT2D eigenvalue weighted by atomic mass is 15.1. The van der Waals surface area contributed by atoms with Crippen LogP contribution in [0.4, 0.5) is 0 Å². The highest BCUT2D eigenvalue weighted by Crippen LogP contribution is 2.08. The molecular formula is C12H19N5. The summed E-state index contributed by atoms with van der Waals surface area (Å²) in [5, 5.41) is 10.6. The molecule has 2 rings (SSSR count). The Morgan fingerprint density at radius 2 is 2.29 bits per heavy atom. The molecule has 0 fully saturated rings. The van der Waals surface area contributed by atoms with E-state index in [4.69, 9.17) is 0 Å². The van der Waals surface area contributed by atoms with E-state index in [0.29, 0.717) is 0 Å². The highest BCUT2D eigenvalue weighted by Gasteiger charge is 2.04. The van der Waals surface area contributed by atoms with Crippen molar-refractivity contribution >= 4 is 0 Å². The quantitative estimate of drug-likeness (QED) is 0.742. The SMILES string of the molecule is Cc1n[nH]c(C)c1CNCCCn1ccnc1. The van der Waals surface area contributed by atoms with Gasteiger partial charge in [-0.15, -0.1) is 0 Å². The van der Waals surface area contributed by atoms with E-state index in [1.807, 2.05) is 25.6 Å². The fraction of sp³-hybridized carbons (Fsp3) is 0.500. The van der Waals surface area contributed by atoms with Gasteiger partial charge in [0.25, 0.3) is 0 Å². The van der Waals surface area contributed by atoms with Crippen molar-refractivity contribution in [1.29, 1.82) is 0 Å². The molecule has 0 aliphatic heterocycles. The van der Waals surface area contributed by atoms with Crippen LogP contribution in [0.3, 0.4) is 0 Å². The molecule has 2 heterocycles. The second-order valence-corrected chi connectivity index (χ2v) is 4.24. The zero-order valence-corrected chi connectivity index (χ0v) is 10.4. The Hall–Kier alpha value is -1.62. The van der Waals surface area contributed by atoms with E-state index in [1.165, 1.54) is 5.56 Å². The Kier molecular flexibility index (Phi) is 3.93. The van der Waals surface area contributed by atoms with Crippen molar-refractivity contribution in [2.45, 2.75) is 33.4 Å². The zero-order valence-electron chi connectivity index (χ0n) is 10.4. The van der Waals surface area contributed by atoms with Crippen LogP contribution in [0.5, 0.6) is 0 Å². The van der Waals surface area contributed by atoms with Crippen molar-refractivity contribution in [3.63, 3.8) is 0 Å². The predicted molar refractivity (Wildman–Crippen MR) is 66.6 cm³/mol. The normalized spacial score (nSPS) is 10.9. The van der Waals surface area contributed by atoms with Crippen molar-refractivity contribution in [2.75, 3.05) is 6.54 Å². The standard InChI is InChI=1S/C12H19N5/c1-10-12(11(2)16-15-10)8-13-4-3-6-17-7-5-14-9-17/h5,7,9,13H,3-4,6,8H2,1-2H3,(H,15,16). The summed E-state index contributed by atoms with van der Waals surface area (Å²) in [5.41, 5.74) is 3.53. The average molecular weight is 233 g/mol. The third-order valence-corrected chi connectivity index (χ3v) is 2.91. The first kappa shape index (κ1) is 11.9. The maximum Gasteiger partial charge on any atom is 0.0945 e. The molecule has 2 aromatic heterocycles. The molecule has 0 bridgehead atoms. The van der Waals surface area contributed by atoms with Crippen LogP contribution in [0.1, 0.15) is 23.4 Å². The van der Waals surface area contributed by atoms with Crippen molar-refractivity contribution in [2.24, 2.45) is 0 Å². The number of aryl methyl sites for hydroxylation is 3. The number of rotatable bonds is 6. The molecule has 5 heteroatoms. The van der Waals surface area contributed by atoms with Gasteiger partial charge in [0.2, 0.25) is 0 Å². The summed E-state index contributed by atoms with van der Waals surface area (Å²) in [6, 6.07) is 0. The van der Waals surface area contributed by atoms with E-state index in [1.54, 1.807) is 0 Å². The van der Waals surface area contributed by atoms with Crippen molar-refractivity contribution in [3.05, 3.63) is 35.7 Å². The lowest BCUT2D eigenvalue weighted by Gasteiger charge is -2.05. The van der Waals surface area contributed by atoms with Gasteiger partial charge in [-0.3, -0.25) is 5.10 Å². The van der Waals surface area contributed by atoms with Crippen molar-refractivity contribution in [3.8, 4) is 0 Å². The first-order valence-electron chi connectivity index (χ1n) is 5.94. The largest absolute Gasteiger partial charge is 0.337 e. The molecule has 5 nitrogen and oxygen atoms in total. The summed E-state index contributed by atoms with van der Waals surface area (Å²) in [4.78, 5) is 4.02. The van der Waals surface area contributed by atoms with E-state index in [2.05, 4.69) is 32.0 Å². The molecule has 2 N–H and O–H groups in total. The molecule has 0 aliphatic carbocycles. The number of imidazole rings is 1. The van der Waals surface area contributed by atoms with Gasteiger partial charge >= 0.3 is 0 Å². The Morgan fingerprint density at radius 1 is 1.41 bits per heavy atom. The highest BCUT2D eigenvalue weighted by molar-refractivity contribution is 5.22. The number of nitrogens with zero attached hydrogens (tertiary/aromatic N) is 3. The van der Waals surface area contributed by atoms with Crippen LogP contribution in [0.2, 0.25) is 0 Å². The molecule has 0 unspecified atom stereocenters. The Balaban J connectivity index is 1.67. The first-order chi connectivity index (χ1) is 8.27. The fourth-order valence-electron chi connectivity index (χ4n) is 1.85. The molecule has 0 saturated carbocycles. The first-order valence-corrected chi connectivity index (χ1v) is 5.94. The Labute approximate surface area is 101 Å². The van der Waals surface area contributed by atoms with Crippen LogP contribution in [-0.2, 0) is 13.1 Å². The van der Waals surface area contributed by atoms with Crippen LogP contribution in [0.25, 0.3) is 0 Å². The predicted octanol–water partition coefficient (Wildman–Crippen LogP) is 1.40. The van der Waals surface area contributed by atoms with Gasteiger partial charge < -0.3 is 9.88 Å². The maximum absolute atomic E-state index is 4.18. The van der Waals surface area contributed by atoms with E-state index in [0.717, 1.165) is 37.4 Å². The summed E-state index contributed by atoms with van der Waals surface area (Å²) >= 11 is 0. The summed E-state index contributed by atoms with van der Waals surface area (Å²) < 4.78 is 2.09. The number of nitrogens with one attached hydrogen (secondary N) is 2. The van der Waals surface area contributed by atoms with Gasteiger partial charge in [-0.25, -0.2) is 4.98 Å². The molecule has 0 amide bonds. The number of hydrogen-bond acceptors (Lipinski definition) is 3. The van der Waals surface area contributed by atoms with Gasteiger partial charge in [0.1, 0.15) is 0 Å². The molecule has 17 heavy (non-hydrogen) atoms. The van der Waals surface area contributed by atoms with E-state index < -0.39 is 0 Å². The van der Waals surface area contributed by atoms with Gasteiger partial charge in [-0.2, -0.15) is 5.10 Å². The maximum atomic E-state index is 4.18. The zero-order chi connectivity index (χ0) is 12.1. The summed E-state index contributed by atoms with van der Waals surface area (Å²) in [6.07, 6.45) is 6.76. The number of H-pyrrole nitrogens is 1. The van der Waals surface area contributed by atoms with Gasteiger partial charge in [0.05, 0.1) is 12.0 Å². The molecule has 0 radical (unpaired) electrons. The van der Waals surface area contributed by atoms with Crippen LogP contribution < -0.4 is 5.32 Å². The van der Waals surface area contributed by atoms with Crippen LogP contribution in [-0.4, -0.2) is 26.3 Å². The molecule has 0 atom stereocenters. The Morgan fingerprint density at radius 3 is 2.94 bits per heavy atom. The molecule has 0 saturated heterocycles. The Bertz CT molecular complexity index is 424. The summed E-state index contributed by atoms with van der Waals surface area (Å²) in [5.74, 6) is 0. The minimum atomic E-state index is 0.887. The number of aromatic amines is 1. The van der Waals surface area contributed by atoms with Crippen molar-refractivity contribution < 1.29 is 0 Å². The third-order valence-electron chi connectivity index (χ3n) is 2.91. The molecular weight excluding hydrogens is 214 g/mol. The lowest BCUT2D eigenvalue weighted by Crippen LogP contribution is -2.17. The fourth-order valence-corrected chi connectivity index (χ4v) is 1.85. The molecule has 0 aromatic carbocycles. The van der Waals surface area contributed by atoms with Crippen molar-refractivity contribution in [1.82, 2.24) is 25.1 Å². The second kappa shape index (κ2) is 5.63.